The van der Waals surface area contributed by atoms with Gasteiger partial charge in [-0.3, -0.25) is 4.79 Å². The average Bonchev–Trinajstić information content (AvgIpc) is 2.79. The van der Waals surface area contributed by atoms with E-state index in [2.05, 4.69) is 22.2 Å². The number of amides is 1. The maximum Gasteiger partial charge on any atom is 0.255 e. The standard InChI is InChI=1S/C24H32N4O4S/c1-18-16-28(17-19(2)32-18)33(30,31)23-10-4-20(5-11-23)24(29)25-21-6-8-22(9-7-21)27-14-12-26(3)13-15-27/h4-11,18-19H,12-17H2,1-3H3,(H,25,29)/t18-,19+. The van der Waals surface area contributed by atoms with Gasteiger partial charge in [0.1, 0.15) is 0 Å². The number of nitrogens with zero attached hydrogens (tertiary/aromatic N) is 3. The van der Waals surface area contributed by atoms with Crippen LogP contribution in [0.4, 0.5) is 11.4 Å². The van der Waals surface area contributed by atoms with Crippen molar-refractivity contribution >= 4 is 27.3 Å². The van der Waals surface area contributed by atoms with Gasteiger partial charge in [-0.05, 0) is 69.4 Å². The number of nitrogens with one attached hydrogen (secondary N) is 1. The Kier molecular flexibility index (Phi) is 7.04. The molecule has 33 heavy (non-hydrogen) atoms. The van der Waals surface area contributed by atoms with E-state index in [-0.39, 0.29) is 23.0 Å². The number of sulfonamides is 1. The highest BCUT2D eigenvalue weighted by molar-refractivity contribution is 7.89. The van der Waals surface area contributed by atoms with Crippen molar-refractivity contribution in [3.05, 3.63) is 54.1 Å². The first-order valence-corrected chi connectivity index (χ1v) is 12.8. The van der Waals surface area contributed by atoms with Crippen molar-refractivity contribution in [2.24, 2.45) is 0 Å². The molecule has 2 aliphatic heterocycles. The van der Waals surface area contributed by atoms with Crippen LogP contribution in [0.5, 0.6) is 0 Å². The van der Waals surface area contributed by atoms with Crippen LogP contribution in [0.2, 0.25) is 0 Å². The summed E-state index contributed by atoms with van der Waals surface area (Å²) in [6, 6.07) is 13.9. The third-order valence-electron chi connectivity index (χ3n) is 6.13. The second-order valence-corrected chi connectivity index (χ2v) is 10.8. The first-order chi connectivity index (χ1) is 15.7. The van der Waals surface area contributed by atoms with Crippen LogP contribution in [0.25, 0.3) is 0 Å². The molecule has 178 valence electrons. The normalized spacial score (nSPS) is 22.8. The molecule has 2 aliphatic rings. The lowest BCUT2D eigenvalue weighted by Crippen LogP contribution is -2.48. The highest BCUT2D eigenvalue weighted by Gasteiger charge is 2.32. The molecule has 1 amide bonds. The Morgan fingerprint density at radius 2 is 1.48 bits per heavy atom. The van der Waals surface area contributed by atoms with E-state index in [1.807, 2.05) is 38.1 Å². The maximum atomic E-state index is 13.0. The van der Waals surface area contributed by atoms with E-state index in [0.717, 1.165) is 31.9 Å². The molecule has 0 aliphatic carbocycles. The van der Waals surface area contributed by atoms with Gasteiger partial charge in [-0.2, -0.15) is 4.31 Å². The Balaban J connectivity index is 1.39. The quantitative estimate of drug-likeness (QED) is 0.720. The zero-order valence-electron chi connectivity index (χ0n) is 19.4. The number of hydrogen-bond donors (Lipinski definition) is 1. The molecule has 1 N–H and O–H groups in total. The third-order valence-corrected chi connectivity index (χ3v) is 7.98. The number of likely N-dealkylation sites (N-methyl/N-ethyl adjacent to an activating group) is 1. The fourth-order valence-electron chi connectivity index (χ4n) is 4.28. The van der Waals surface area contributed by atoms with Gasteiger partial charge in [0, 0.05) is 56.2 Å². The first kappa shape index (κ1) is 23.7. The minimum Gasteiger partial charge on any atom is -0.373 e. The van der Waals surface area contributed by atoms with Crippen molar-refractivity contribution in [2.45, 2.75) is 31.0 Å². The van der Waals surface area contributed by atoms with Crippen LogP contribution in [0.3, 0.4) is 0 Å². The molecule has 2 aromatic rings. The molecule has 2 atom stereocenters. The summed E-state index contributed by atoms with van der Waals surface area (Å²) in [6.07, 6.45) is -0.313. The SMILES string of the molecule is C[C@@H]1CN(S(=O)(=O)c2ccc(C(=O)Nc3ccc(N4CCN(C)CC4)cc3)cc2)C[C@H](C)O1. The number of carbonyl (C=O) groups excluding carboxylic acids is 1. The lowest BCUT2D eigenvalue weighted by Gasteiger charge is -2.34. The summed E-state index contributed by atoms with van der Waals surface area (Å²) in [5.41, 5.74) is 2.24. The zero-order valence-corrected chi connectivity index (χ0v) is 20.2. The van der Waals surface area contributed by atoms with Crippen LogP contribution in [-0.2, 0) is 14.8 Å². The largest absolute Gasteiger partial charge is 0.373 e. The van der Waals surface area contributed by atoms with Gasteiger partial charge in [-0.1, -0.05) is 0 Å². The molecule has 9 heteroatoms. The number of anilines is 2. The molecule has 0 unspecified atom stereocenters. The second kappa shape index (κ2) is 9.80. The minimum atomic E-state index is -3.63. The van der Waals surface area contributed by atoms with Crippen molar-refractivity contribution in [3.8, 4) is 0 Å². The summed E-state index contributed by atoms with van der Waals surface area (Å²) >= 11 is 0. The highest BCUT2D eigenvalue weighted by Crippen LogP contribution is 2.23. The lowest BCUT2D eigenvalue weighted by atomic mass is 10.2. The van der Waals surface area contributed by atoms with Crippen molar-refractivity contribution in [3.63, 3.8) is 0 Å². The van der Waals surface area contributed by atoms with Crippen molar-refractivity contribution in [2.75, 3.05) is 56.5 Å². The predicted molar refractivity (Wildman–Crippen MR) is 129 cm³/mol. The fraction of sp³-hybridized carbons (Fsp3) is 0.458. The molecule has 0 radical (unpaired) electrons. The molecule has 2 fully saturated rings. The van der Waals surface area contributed by atoms with Crippen LogP contribution in [0, 0.1) is 0 Å². The maximum absolute atomic E-state index is 13.0. The van der Waals surface area contributed by atoms with E-state index in [9.17, 15) is 13.2 Å². The third kappa shape index (κ3) is 5.55. The number of hydrogen-bond acceptors (Lipinski definition) is 6. The Hall–Kier alpha value is -2.46. The summed E-state index contributed by atoms with van der Waals surface area (Å²) < 4.78 is 33.1. The number of ether oxygens (including phenoxy) is 1. The van der Waals surface area contributed by atoms with Gasteiger partial charge < -0.3 is 19.9 Å². The summed E-state index contributed by atoms with van der Waals surface area (Å²) in [4.78, 5) is 17.5. The van der Waals surface area contributed by atoms with Crippen LogP contribution < -0.4 is 10.2 Å². The van der Waals surface area contributed by atoms with Crippen molar-refractivity contribution in [1.82, 2.24) is 9.21 Å². The van der Waals surface area contributed by atoms with Crippen molar-refractivity contribution < 1.29 is 17.9 Å². The van der Waals surface area contributed by atoms with Gasteiger partial charge in [0.15, 0.2) is 0 Å². The van der Waals surface area contributed by atoms with Crippen LogP contribution in [0.1, 0.15) is 24.2 Å². The molecule has 0 bridgehead atoms. The molecule has 0 saturated carbocycles. The summed E-state index contributed by atoms with van der Waals surface area (Å²) in [6.45, 7) is 8.41. The van der Waals surface area contributed by atoms with E-state index in [4.69, 9.17) is 4.74 Å². The van der Waals surface area contributed by atoms with Crippen LogP contribution in [-0.4, -0.2) is 82.1 Å². The molecule has 2 saturated heterocycles. The Morgan fingerprint density at radius 1 is 0.909 bits per heavy atom. The van der Waals surface area contributed by atoms with Gasteiger partial charge in [-0.25, -0.2) is 8.42 Å². The van der Waals surface area contributed by atoms with Crippen LogP contribution >= 0.6 is 0 Å². The highest BCUT2D eigenvalue weighted by atomic mass is 32.2. The zero-order chi connectivity index (χ0) is 23.6. The monoisotopic (exact) mass is 472 g/mol. The summed E-state index contributed by atoms with van der Waals surface area (Å²) in [5, 5.41) is 2.89. The van der Waals surface area contributed by atoms with Gasteiger partial charge in [0.2, 0.25) is 10.0 Å². The molecular weight excluding hydrogens is 440 g/mol. The number of carbonyl (C=O) groups is 1. The van der Waals surface area contributed by atoms with Crippen molar-refractivity contribution in [1.29, 1.82) is 0 Å². The number of rotatable bonds is 5. The fourth-order valence-corrected chi connectivity index (χ4v) is 5.87. The molecule has 0 aromatic heterocycles. The molecule has 0 spiro atoms. The van der Waals surface area contributed by atoms with E-state index in [1.54, 1.807) is 12.1 Å². The van der Waals surface area contributed by atoms with E-state index in [0.29, 0.717) is 24.3 Å². The van der Waals surface area contributed by atoms with Gasteiger partial charge in [0.05, 0.1) is 17.1 Å². The topological polar surface area (TPSA) is 82.2 Å². The number of benzene rings is 2. The number of piperazine rings is 1. The van der Waals surface area contributed by atoms with Gasteiger partial charge >= 0.3 is 0 Å². The van der Waals surface area contributed by atoms with E-state index < -0.39 is 10.0 Å². The summed E-state index contributed by atoms with van der Waals surface area (Å²) in [7, 11) is -1.51. The minimum absolute atomic E-state index is 0.156. The second-order valence-electron chi connectivity index (χ2n) is 8.90. The molecule has 2 heterocycles. The van der Waals surface area contributed by atoms with E-state index in [1.165, 1.54) is 16.4 Å². The van der Waals surface area contributed by atoms with Gasteiger partial charge in [0.25, 0.3) is 5.91 Å². The van der Waals surface area contributed by atoms with E-state index >= 15 is 0 Å². The lowest BCUT2D eigenvalue weighted by molar-refractivity contribution is -0.0440. The van der Waals surface area contributed by atoms with Crippen LogP contribution in [0.15, 0.2) is 53.4 Å². The molecule has 4 rings (SSSR count). The molecule has 8 nitrogen and oxygen atoms in total. The molecular formula is C24H32N4O4S. The van der Waals surface area contributed by atoms with Gasteiger partial charge in [-0.15, -0.1) is 0 Å². The summed E-state index contributed by atoms with van der Waals surface area (Å²) in [5.74, 6) is -0.278. The Morgan fingerprint density at radius 3 is 2.06 bits per heavy atom. The average molecular weight is 473 g/mol. The molecule has 2 aromatic carbocycles. The first-order valence-electron chi connectivity index (χ1n) is 11.3. The Labute approximate surface area is 196 Å². The Bertz CT molecular complexity index is 1050. The predicted octanol–water partition coefficient (Wildman–Crippen LogP) is 2.49. The number of morpholine rings is 1. The smallest absolute Gasteiger partial charge is 0.255 e.